The molecule has 9 heteroatoms. The first-order valence-corrected chi connectivity index (χ1v) is 11.0. The standard InChI is InChI=1S/C23H19N5O3S/c29-21(27-23-25-9-12-32-23)16-13-19(26-17-6-2-1-5-15(16)17)20-14-28(10-11-31-20)22(30)18-7-3-4-8-24-18/h1-9,12-13,20H,10-11,14H2,(H,25,27,29). The van der Waals surface area contributed by atoms with Crippen molar-refractivity contribution in [3.63, 3.8) is 0 Å². The van der Waals surface area contributed by atoms with Crippen LogP contribution in [0.1, 0.15) is 32.6 Å². The Labute approximate surface area is 187 Å². The smallest absolute Gasteiger partial charge is 0.272 e. The highest BCUT2D eigenvalue weighted by Gasteiger charge is 2.28. The second-order valence-electron chi connectivity index (χ2n) is 7.23. The fraction of sp³-hybridized carbons (Fsp3) is 0.174. The van der Waals surface area contributed by atoms with Crippen LogP contribution in [0.15, 0.2) is 66.3 Å². The van der Waals surface area contributed by atoms with E-state index in [9.17, 15) is 9.59 Å². The summed E-state index contributed by atoms with van der Waals surface area (Å²) in [6, 6.07) is 14.5. The van der Waals surface area contributed by atoms with Crippen molar-refractivity contribution in [1.82, 2.24) is 19.9 Å². The number of thiazole rings is 1. The van der Waals surface area contributed by atoms with E-state index in [-0.39, 0.29) is 11.8 Å². The highest BCUT2D eigenvalue weighted by Crippen LogP contribution is 2.27. The number of nitrogens with zero attached hydrogens (tertiary/aromatic N) is 4. The van der Waals surface area contributed by atoms with Crippen molar-refractivity contribution in [2.75, 3.05) is 25.0 Å². The Morgan fingerprint density at radius 3 is 2.78 bits per heavy atom. The van der Waals surface area contributed by atoms with E-state index in [1.54, 1.807) is 46.9 Å². The summed E-state index contributed by atoms with van der Waals surface area (Å²) < 4.78 is 5.95. The Bertz CT molecular complexity index is 1260. The third kappa shape index (κ3) is 4.08. The van der Waals surface area contributed by atoms with Crippen molar-refractivity contribution in [3.8, 4) is 0 Å². The number of pyridine rings is 2. The molecule has 1 aliphatic rings. The molecule has 0 bridgehead atoms. The number of anilines is 1. The van der Waals surface area contributed by atoms with Crippen LogP contribution in [0.5, 0.6) is 0 Å². The first kappa shape index (κ1) is 20.2. The van der Waals surface area contributed by atoms with E-state index in [2.05, 4.69) is 15.3 Å². The van der Waals surface area contributed by atoms with Crippen LogP contribution in [-0.2, 0) is 4.74 Å². The molecule has 1 saturated heterocycles. The van der Waals surface area contributed by atoms with Gasteiger partial charge in [-0.1, -0.05) is 24.3 Å². The van der Waals surface area contributed by atoms with Gasteiger partial charge in [-0.15, -0.1) is 11.3 Å². The Hall–Kier alpha value is -3.69. The second kappa shape index (κ2) is 8.81. The Kier molecular flexibility index (Phi) is 5.57. The number of aromatic nitrogens is 3. The number of hydrogen-bond donors (Lipinski definition) is 1. The average molecular weight is 446 g/mol. The zero-order valence-corrected chi connectivity index (χ0v) is 17.8. The fourth-order valence-electron chi connectivity index (χ4n) is 3.66. The molecule has 1 N–H and O–H groups in total. The van der Waals surface area contributed by atoms with Gasteiger partial charge in [-0.25, -0.2) is 9.97 Å². The molecular weight excluding hydrogens is 426 g/mol. The number of rotatable bonds is 4. The number of carbonyl (C=O) groups excluding carboxylic acids is 2. The van der Waals surface area contributed by atoms with Crippen LogP contribution in [0, 0.1) is 0 Å². The molecule has 0 aliphatic carbocycles. The SMILES string of the molecule is O=C(Nc1nccs1)c1cc(C2CN(C(=O)c3ccccn3)CCO2)nc2ccccc12. The van der Waals surface area contributed by atoms with Crippen molar-refractivity contribution in [2.24, 2.45) is 0 Å². The summed E-state index contributed by atoms with van der Waals surface area (Å²) in [6.07, 6.45) is 2.79. The minimum absolute atomic E-state index is 0.151. The molecule has 0 radical (unpaired) electrons. The lowest BCUT2D eigenvalue weighted by Gasteiger charge is -2.32. The normalized spacial score (nSPS) is 16.1. The van der Waals surface area contributed by atoms with Crippen LogP contribution in [0.4, 0.5) is 5.13 Å². The van der Waals surface area contributed by atoms with E-state index in [1.807, 2.05) is 24.3 Å². The number of morpholine rings is 1. The summed E-state index contributed by atoms with van der Waals surface area (Å²) in [5.74, 6) is -0.418. The number of fused-ring (bicyclic) bond motifs is 1. The quantitative estimate of drug-likeness (QED) is 0.516. The van der Waals surface area contributed by atoms with Crippen molar-refractivity contribution in [2.45, 2.75) is 6.10 Å². The molecule has 1 atom stereocenters. The van der Waals surface area contributed by atoms with E-state index in [1.165, 1.54) is 11.3 Å². The van der Waals surface area contributed by atoms with Gasteiger partial charge in [0.25, 0.3) is 11.8 Å². The molecule has 1 aromatic carbocycles. The van der Waals surface area contributed by atoms with Crippen molar-refractivity contribution in [1.29, 1.82) is 0 Å². The van der Waals surface area contributed by atoms with E-state index in [4.69, 9.17) is 9.72 Å². The Morgan fingerprint density at radius 2 is 1.97 bits per heavy atom. The maximum Gasteiger partial charge on any atom is 0.272 e. The summed E-state index contributed by atoms with van der Waals surface area (Å²) >= 11 is 1.35. The van der Waals surface area contributed by atoms with Gasteiger partial charge in [0.05, 0.1) is 29.9 Å². The van der Waals surface area contributed by atoms with Crippen LogP contribution in [-0.4, -0.2) is 51.4 Å². The zero-order chi connectivity index (χ0) is 21.9. The lowest BCUT2D eigenvalue weighted by Crippen LogP contribution is -2.42. The second-order valence-corrected chi connectivity index (χ2v) is 8.12. The average Bonchev–Trinajstić information content (AvgIpc) is 3.36. The minimum Gasteiger partial charge on any atom is -0.368 e. The van der Waals surface area contributed by atoms with Crippen molar-refractivity contribution < 1.29 is 14.3 Å². The summed E-state index contributed by atoms with van der Waals surface area (Å²) in [5, 5.41) is 5.90. The van der Waals surface area contributed by atoms with Crippen LogP contribution < -0.4 is 5.32 Å². The molecule has 1 aliphatic heterocycles. The monoisotopic (exact) mass is 445 g/mol. The Morgan fingerprint density at radius 1 is 1.09 bits per heavy atom. The molecule has 0 spiro atoms. The fourth-order valence-corrected chi connectivity index (χ4v) is 4.19. The van der Waals surface area contributed by atoms with Crippen LogP contribution in [0.3, 0.4) is 0 Å². The molecule has 1 unspecified atom stereocenters. The largest absolute Gasteiger partial charge is 0.368 e. The van der Waals surface area contributed by atoms with Gasteiger partial charge < -0.3 is 9.64 Å². The topological polar surface area (TPSA) is 97.3 Å². The van der Waals surface area contributed by atoms with Crippen LogP contribution in [0.25, 0.3) is 10.9 Å². The molecule has 2 amide bonds. The molecule has 4 aromatic rings. The molecular formula is C23H19N5O3S. The van der Waals surface area contributed by atoms with E-state index in [0.717, 1.165) is 5.39 Å². The predicted octanol–water partition coefficient (Wildman–Crippen LogP) is 3.55. The highest BCUT2D eigenvalue weighted by atomic mass is 32.1. The van der Waals surface area contributed by atoms with Crippen molar-refractivity contribution >= 4 is 39.2 Å². The molecule has 0 saturated carbocycles. The van der Waals surface area contributed by atoms with Gasteiger partial charge in [-0.2, -0.15) is 0 Å². The van der Waals surface area contributed by atoms with E-state index in [0.29, 0.717) is 47.3 Å². The van der Waals surface area contributed by atoms with E-state index < -0.39 is 6.10 Å². The predicted molar refractivity (Wildman–Crippen MR) is 121 cm³/mol. The maximum absolute atomic E-state index is 13.0. The lowest BCUT2D eigenvalue weighted by atomic mass is 10.0. The maximum atomic E-state index is 13.0. The van der Waals surface area contributed by atoms with Gasteiger partial charge in [-0.05, 0) is 24.3 Å². The molecule has 160 valence electrons. The number of para-hydroxylation sites is 1. The molecule has 32 heavy (non-hydrogen) atoms. The first-order valence-electron chi connectivity index (χ1n) is 10.1. The molecule has 1 fully saturated rings. The number of benzene rings is 1. The molecule has 3 aromatic heterocycles. The summed E-state index contributed by atoms with van der Waals surface area (Å²) in [6.45, 7) is 1.17. The van der Waals surface area contributed by atoms with Gasteiger partial charge in [0.15, 0.2) is 5.13 Å². The van der Waals surface area contributed by atoms with Gasteiger partial charge in [-0.3, -0.25) is 19.9 Å². The van der Waals surface area contributed by atoms with Gasteiger partial charge in [0, 0.05) is 29.7 Å². The first-order chi connectivity index (χ1) is 15.7. The van der Waals surface area contributed by atoms with Crippen molar-refractivity contribution in [3.05, 3.63) is 83.3 Å². The third-order valence-electron chi connectivity index (χ3n) is 5.20. The number of ether oxygens (including phenoxy) is 1. The third-order valence-corrected chi connectivity index (χ3v) is 5.89. The molecule has 4 heterocycles. The van der Waals surface area contributed by atoms with Gasteiger partial charge in [0.1, 0.15) is 11.8 Å². The number of nitrogens with one attached hydrogen (secondary N) is 1. The van der Waals surface area contributed by atoms with Crippen LogP contribution >= 0.6 is 11.3 Å². The Balaban J connectivity index is 1.46. The lowest BCUT2D eigenvalue weighted by molar-refractivity contribution is -0.0248. The summed E-state index contributed by atoms with van der Waals surface area (Å²) in [5.41, 5.74) is 2.17. The number of amides is 2. The minimum atomic E-state index is -0.451. The molecule has 8 nitrogen and oxygen atoms in total. The summed E-state index contributed by atoms with van der Waals surface area (Å²) in [7, 11) is 0. The zero-order valence-electron chi connectivity index (χ0n) is 17.0. The van der Waals surface area contributed by atoms with E-state index >= 15 is 0 Å². The number of hydrogen-bond acceptors (Lipinski definition) is 7. The number of carbonyl (C=O) groups is 2. The van der Waals surface area contributed by atoms with Crippen LogP contribution in [0.2, 0.25) is 0 Å². The summed E-state index contributed by atoms with van der Waals surface area (Å²) in [4.78, 5) is 40.6. The van der Waals surface area contributed by atoms with Gasteiger partial charge >= 0.3 is 0 Å². The highest BCUT2D eigenvalue weighted by molar-refractivity contribution is 7.13. The molecule has 5 rings (SSSR count). The van der Waals surface area contributed by atoms with Gasteiger partial charge in [0.2, 0.25) is 0 Å².